The van der Waals surface area contributed by atoms with Gasteiger partial charge in [-0.05, 0) is 5.56 Å². The van der Waals surface area contributed by atoms with E-state index in [1.54, 1.807) is 6.20 Å². The smallest absolute Gasteiger partial charge is 0.357 e. The number of hydrazine groups is 1. The number of carbonyl (C=O) groups is 1. The molecule has 1 atom stereocenters. The lowest BCUT2D eigenvalue weighted by atomic mass is 10.2. The summed E-state index contributed by atoms with van der Waals surface area (Å²) >= 11 is 1.13. The average molecular weight is 237 g/mol. The van der Waals surface area contributed by atoms with E-state index in [1.165, 1.54) is 0 Å². The van der Waals surface area contributed by atoms with Gasteiger partial charge in [-0.15, -0.1) is 0 Å². The van der Waals surface area contributed by atoms with Gasteiger partial charge >= 0.3 is 5.97 Å². The summed E-state index contributed by atoms with van der Waals surface area (Å²) in [5.74, 6) is 4.21. The van der Waals surface area contributed by atoms with Crippen molar-refractivity contribution in [2.45, 2.75) is 4.99 Å². The SMILES string of the molecule is NNC1(C(=O)O)NC=C(c2ccccc2)S1. The predicted octanol–water partition coefficient (Wildman–Crippen LogP) is 0.523. The molecule has 1 aromatic rings. The number of carboxylic acid groups (broad SMARTS) is 1. The van der Waals surface area contributed by atoms with E-state index in [-0.39, 0.29) is 0 Å². The highest BCUT2D eigenvalue weighted by atomic mass is 32.2. The van der Waals surface area contributed by atoms with Crippen molar-refractivity contribution < 1.29 is 9.90 Å². The zero-order valence-corrected chi connectivity index (χ0v) is 9.12. The van der Waals surface area contributed by atoms with Crippen LogP contribution >= 0.6 is 11.8 Å². The quantitative estimate of drug-likeness (QED) is 0.453. The molecule has 0 aromatic heterocycles. The van der Waals surface area contributed by atoms with Gasteiger partial charge in [-0.3, -0.25) is 5.84 Å². The van der Waals surface area contributed by atoms with E-state index in [0.717, 1.165) is 22.2 Å². The Hall–Kier alpha value is -1.50. The molecule has 0 spiro atoms. The first-order chi connectivity index (χ1) is 7.68. The van der Waals surface area contributed by atoms with Crippen LogP contribution in [-0.4, -0.2) is 16.1 Å². The van der Waals surface area contributed by atoms with Gasteiger partial charge in [0.1, 0.15) is 0 Å². The molecule has 16 heavy (non-hydrogen) atoms. The van der Waals surface area contributed by atoms with E-state index in [0.29, 0.717) is 0 Å². The molecule has 84 valence electrons. The summed E-state index contributed by atoms with van der Waals surface area (Å²) in [5, 5.41) is 11.8. The largest absolute Gasteiger partial charge is 0.478 e. The maximum Gasteiger partial charge on any atom is 0.357 e. The lowest BCUT2D eigenvalue weighted by molar-refractivity contribution is -0.141. The summed E-state index contributed by atoms with van der Waals surface area (Å²) < 4.78 is 0. The third kappa shape index (κ3) is 1.78. The zero-order chi connectivity index (χ0) is 11.6. The van der Waals surface area contributed by atoms with Crippen molar-refractivity contribution in [3.63, 3.8) is 0 Å². The molecule has 0 saturated carbocycles. The first kappa shape index (κ1) is 11.0. The molecule has 0 amide bonds. The number of nitrogens with one attached hydrogen (secondary N) is 2. The summed E-state index contributed by atoms with van der Waals surface area (Å²) in [5.41, 5.74) is 3.23. The monoisotopic (exact) mass is 237 g/mol. The first-order valence-corrected chi connectivity index (χ1v) is 5.43. The Kier molecular flexibility index (Phi) is 2.86. The molecule has 6 heteroatoms. The van der Waals surface area contributed by atoms with Crippen LogP contribution in [0.3, 0.4) is 0 Å². The van der Waals surface area contributed by atoms with Crippen LogP contribution < -0.4 is 16.6 Å². The summed E-state index contributed by atoms with van der Waals surface area (Å²) in [4.78, 5) is 10.5. The molecule has 2 rings (SSSR count). The maximum absolute atomic E-state index is 11.1. The van der Waals surface area contributed by atoms with Crippen molar-refractivity contribution in [1.82, 2.24) is 10.7 Å². The molecule has 1 unspecified atom stereocenters. The van der Waals surface area contributed by atoms with Gasteiger partial charge in [0.15, 0.2) is 0 Å². The Balaban J connectivity index is 2.22. The average Bonchev–Trinajstić information content (AvgIpc) is 2.76. The van der Waals surface area contributed by atoms with Gasteiger partial charge in [-0.1, -0.05) is 42.1 Å². The summed E-state index contributed by atoms with van der Waals surface area (Å²) in [6.45, 7) is 0. The van der Waals surface area contributed by atoms with Gasteiger partial charge in [-0.25, -0.2) is 10.2 Å². The Morgan fingerprint density at radius 1 is 1.44 bits per heavy atom. The number of thioether (sulfide) groups is 1. The molecule has 0 bridgehead atoms. The molecule has 1 aromatic carbocycles. The number of benzene rings is 1. The number of carboxylic acids is 1. The summed E-state index contributed by atoms with van der Waals surface area (Å²) in [6.07, 6.45) is 1.65. The summed E-state index contributed by atoms with van der Waals surface area (Å²) in [7, 11) is 0. The van der Waals surface area contributed by atoms with E-state index in [4.69, 9.17) is 10.9 Å². The van der Waals surface area contributed by atoms with Gasteiger partial charge in [0, 0.05) is 11.1 Å². The molecule has 0 radical (unpaired) electrons. The van der Waals surface area contributed by atoms with Crippen molar-refractivity contribution in [2.24, 2.45) is 5.84 Å². The van der Waals surface area contributed by atoms with Gasteiger partial charge in [0.25, 0.3) is 4.99 Å². The number of nitrogens with two attached hydrogens (primary N) is 1. The molecule has 0 fully saturated rings. The second kappa shape index (κ2) is 4.17. The maximum atomic E-state index is 11.1. The Morgan fingerprint density at radius 2 is 2.12 bits per heavy atom. The first-order valence-electron chi connectivity index (χ1n) is 4.61. The number of hydrogen-bond donors (Lipinski definition) is 4. The van der Waals surface area contributed by atoms with Crippen LogP contribution in [0.1, 0.15) is 5.56 Å². The molecule has 5 nitrogen and oxygen atoms in total. The normalized spacial score (nSPS) is 23.7. The summed E-state index contributed by atoms with van der Waals surface area (Å²) in [6, 6.07) is 9.52. The highest BCUT2D eigenvalue weighted by Crippen LogP contribution is 2.39. The third-order valence-electron chi connectivity index (χ3n) is 2.23. The number of aliphatic carboxylic acids is 1. The topological polar surface area (TPSA) is 87.4 Å². The van der Waals surface area contributed by atoms with E-state index in [9.17, 15) is 4.79 Å². The number of rotatable bonds is 3. The number of hydrogen-bond acceptors (Lipinski definition) is 5. The lowest BCUT2D eigenvalue weighted by Crippen LogP contribution is -2.59. The second-order valence-corrected chi connectivity index (χ2v) is 4.51. The van der Waals surface area contributed by atoms with Crippen LogP contribution in [0.15, 0.2) is 36.5 Å². The van der Waals surface area contributed by atoms with Crippen molar-refractivity contribution in [1.29, 1.82) is 0 Å². The van der Waals surface area contributed by atoms with Crippen LogP contribution in [0, 0.1) is 0 Å². The minimum atomic E-state index is -1.37. The van der Waals surface area contributed by atoms with Crippen molar-refractivity contribution in [3.8, 4) is 0 Å². The van der Waals surface area contributed by atoms with Crippen molar-refractivity contribution >= 4 is 22.6 Å². The zero-order valence-electron chi connectivity index (χ0n) is 8.31. The minimum Gasteiger partial charge on any atom is -0.478 e. The van der Waals surface area contributed by atoms with E-state index in [1.807, 2.05) is 30.3 Å². The van der Waals surface area contributed by atoms with Crippen LogP contribution in [-0.2, 0) is 4.79 Å². The standard InChI is InChI=1S/C10H11N3O2S/c11-13-10(9(14)15)12-6-8(16-10)7-4-2-1-3-5-7/h1-6,12-13H,11H2,(H,14,15). The van der Waals surface area contributed by atoms with Gasteiger partial charge < -0.3 is 10.4 Å². The lowest BCUT2D eigenvalue weighted by Gasteiger charge is -2.22. The van der Waals surface area contributed by atoms with E-state index in [2.05, 4.69) is 10.7 Å². The predicted molar refractivity (Wildman–Crippen MR) is 62.8 cm³/mol. The molecule has 1 aliphatic rings. The van der Waals surface area contributed by atoms with Crippen LogP contribution in [0.4, 0.5) is 0 Å². The molecule has 5 N–H and O–H groups in total. The van der Waals surface area contributed by atoms with Gasteiger partial charge in [-0.2, -0.15) is 0 Å². The van der Waals surface area contributed by atoms with Crippen molar-refractivity contribution in [3.05, 3.63) is 42.1 Å². The molecule has 0 aliphatic carbocycles. The van der Waals surface area contributed by atoms with Crippen LogP contribution in [0.5, 0.6) is 0 Å². The van der Waals surface area contributed by atoms with Crippen LogP contribution in [0.25, 0.3) is 4.91 Å². The van der Waals surface area contributed by atoms with Gasteiger partial charge in [0.05, 0.1) is 0 Å². The van der Waals surface area contributed by atoms with Crippen molar-refractivity contribution in [2.75, 3.05) is 0 Å². The second-order valence-electron chi connectivity index (χ2n) is 3.25. The molecular weight excluding hydrogens is 226 g/mol. The third-order valence-corrected chi connectivity index (χ3v) is 3.52. The minimum absolute atomic E-state index is 0.834. The fourth-order valence-corrected chi connectivity index (χ4v) is 2.34. The Bertz CT molecular complexity index is 435. The fraction of sp³-hybridized carbons (Fsp3) is 0.100. The highest BCUT2D eigenvalue weighted by Gasteiger charge is 2.42. The Morgan fingerprint density at radius 3 is 2.62 bits per heavy atom. The van der Waals surface area contributed by atoms with Gasteiger partial charge in [0.2, 0.25) is 0 Å². The Labute approximate surface area is 96.7 Å². The van der Waals surface area contributed by atoms with E-state index >= 15 is 0 Å². The molecule has 1 aliphatic heterocycles. The van der Waals surface area contributed by atoms with Crippen LogP contribution in [0.2, 0.25) is 0 Å². The van der Waals surface area contributed by atoms with E-state index < -0.39 is 11.0 Å². The molecular formula is C10H11N3O2S. The fourth-order valence-electron chi connectivity index (χ4n) is 1.37. The highest BCUT2D eigenvalue weighted by molar-refractivity contribution is 8.10. The molecule has 0 saturated heterocycles. The molecule has 1 heterocycles.